The highest BCUT2D eigenvalue weighted by molar-refractivity contribution is 9.09. The molecule has 0 aromatic heterocycles. The van der Waals surface area contributed by atoms with Crippen molar-refractivity contribution < 1.29 is 4.74 Å². The molecule has 16 heavy (non-hydrogen) atoms. The Balaban J connectivity index is 1.73. The highest BCUT2D eigenvalue weighted by Crippen LogP contribution is 2.35. The van der Waals surface area contributed by atoms with Crippen molar-refractivity contribution in [1.82, 2.24) is 4.90 Å². The maximum atomic E-state index is 5.50. The third-order valence-electron chi connectivity index (χ3n) is 4.28. The normalized spacial score (nSPS) is 39.8. The highest BCUT2D eigenvalue weighted by atomic mass is 79.9. The summed E-state index contributed by atoms with van der Waals surface area (Å²) in [5.74, 6) is 0.928. The smallest absolute Gasteiger partial charge is 0.0586 e. The van der Waals surface area contributed by atoms with Gasteiger partial charge < -0.3 is 9.64 Å². The molecule has 0 aromatic rings. The quantitative estimate of drug-likeness (QED) is 0.738. The van der Waals surface area contributed by atoms with E-state index in [4.69, 9.17) is 4.74 Å². The van der Waals surface area contributed by atoms with Crippen LogP contribution in [0.1, 0.15) is 38.5 Å². The van der Waals surface area contributed by atoms with Crippen molar-refractivity contribution in [1.29, 1.82) is 0 Å². The molecule has 0 spiro atoms. The van der Waals surface area contributed by atoms with Gasteiger partial charge in [-0.1, -0.05) is 15.9 Å². The molecule has 2 aliphatic rings. The minimum absolute atomic E-state index is 0.506. The van der Waals surface area contributed by atoms with E-state index >= 15 is 0 Å². The number of methoxy groups -OCH3 is 1. The van der Waals surface area contributed by atoms with Crippen LogP contribution in [0.25, 0.3) is 0 Å². The molecule has 2 atom stereocenters. The van der Waals surface area contributed by atoms with Gasteiger partial charge in [0, 0.05) is 24.5 Å². The van der Waals surface area contributed by atoms with Crippen LogP contribution in [0, 0.1) is 5.92 Å². The van der Waals surface area contributed by atoms with E-state index < -0.39 is 0 Å². The van der Waals surface area contributed by atoms with E-state index in [0.29, 0.717) is 6.10 Å². The van der Waals surface area contributed by atoms with E-state index in [1.807, 2.05) is 7.11 Å². The fourth-order valence-corrected chi connectivity index (χ4v) is 4.15. The van der Waals surface area contributed by atoms with Crippen LogP contribution < -0.4 is 0 Å². The lowest BCUT2D eigenvalue weighted by molar-refractivity contribution is 0.0280. The maximum absolute atomic E-state index is 5.50. The molecule has 0 bridgehead atoms. The fourth-order valence-electron chi connectivity index (χ4n) is 3.09. The first-order chi connectivity index (χ1) is 7.69. The van der Waals surface area contributed by atoms with Gasteiger partial charge in [0.1, 0.15) is 0 Å². The van der Waals surface area contributed by atoms with Gasteiger partial charge in [-0.15, -0.1) is 0 Å². The number of alkyl halides is 1. The van der Waals surface area contributed by atoms with Gasteiger partial charge in [-0.3, -0.25) is 0 Å². The highest BCUT2D eigenvalue weighted by Gasteiger charge is 2.31. The van der Waals surface area contributed by atoms with Crippen LogP contribution in [0.4, 0.5) is 0 Å². The predicted molar refractivity (Wildman–Crippen MR) is 71.1 cm³/mol. The Hall–Kier alpha value is 0.400. The topological polar surface area (TPSA) is 12.5 Å². The summed E-state index contributed by atoms with van der Waals surface area (Å²) in [7, 11) is 4.15. The van der Waals surface area contributed by atoms with Gasteiger partial charge in [0.15, 0.2) is 0 Å². The summed E-state index contributed by atoms with van der Waals surface area (Å²) < 4.78 is 5.50. The number of hydrogen-bond donors (Lipinski definition) is 0. The predicted octanol–water partition coefficient (Wildman–Crippen LogP) is 3.05. The molecule has 2 unspecified atom stereocenters. The van der Waals surface area contributed by atoms with Gasteiger partial charge in [-0.05, 0) is 51.5 Å². The van der Waals surface area contributed by atoms with Crippen molar-refractivity contribution in [2.45, 2.75) is 55.5 Å². The van der Waals surface area contributed by atoms with Crippen molar-refractivity contribution in [2.24, 2.45) is 5.92 Å². The van der Waals surface area contributed by atoms with Crippen molar-refractivity contribution in [3.05, 3.63) is 0 Å². The average Bonchev–Trinajstić information content (AvgIpc) is 2.27. The van der Waals surface area contributed by atoms with E-state index in [2.05, 4.69) is 27.9 Å². The number of rotatable bonds is 4. The summed E-state index contributed by atoms with van der Waals surface area (Å²) in [6.45, 7) is 1.28. The molecule has 2 fully saturated rings. The van der Waals surface area contributed by atoms with Gasteiger partial charge >= 0.3 is 0 Å². The largest absolute Gasteiger partial charge is 0.381 e. The van der Waals surface area contributed by atoms with E-state index in [1.54, 1.807) is 0 Å². The van der Waals surface area contributed by atoms with Crippen LogP contribution in [0.15, 0.2) is 0 Å². The standard InChI is InChI=1S/C13H24BrNO/c1-15(9-10-6-11(14)7-10)12-4-3-5-13(8-12)16-2/h10-13H,3-9H2,1-2H3. The van der Waals surface area contributed by atoms with Crippen LogP contribution in [-0.2, 0) is 4.74 Å². The third-order valence-corrected chi connectivity index (χ3v) is 5.03. The summed E-state index contributed by atoms with van der Waals surface area (Å²) in [6.07, 6.45) is 8.42. The summed E-state index contributed by atoms with van der Waals surface area (Å²) in [5, 5.41) is 0. The molecule has 0 heterocycles. The van der Waals surface area contributed by atoms with Gasteiger partial charge in [-0.2, -0.15) is 0 Å². The second-order valence-corrected chi connectivity index (χ2v) is 6.85. The fraction of sp³-hybridized carbons (Fsp3) is 1.00. The van der Waals surface area contributed by atoms with Crippen molar-refractivity contribution in [3.8, 4) is 0 Å². The van der Waals surface area contributed by atoms with Gasteiger partial charge in [-0.25, -0.2) is 0 Å². The van der Waals surface area contributed by atoms with Crippen LogP contribution >= 0.6 is 15.9 Å². The zero-order valence-electron chi connectivity index (χ0n) is 10.5. The summed E-state index contributed by atoms with van der Waals surface area (Å²) >= 11 is 3.67. The van der Waals surface area contributed by atoms with Crippen molar-refractivity contribution in [3.63, 3.8) is 0 Å². The summed E-state index contributed by atoms with van der Waals surface area (Å²) in [4.78, 5) is 3.37. The molecule has 0 N–H and O–H groups in total. The molecule has 0 aromatic carbocycles. The van der Waals surface area contributed by atoms with E-state index in [1.165, 1.54) is 45.1 Å². The molecular weight excluding hydrogens is 266 g/mol. The summed E-state index contributed by atoms with van der Waals surface area (Å²) in [6, 6.07) is 0.757. The molecule has 0 saturated heterocycles. The molecule has 2 saturated carbocycles. The lowest BCUT2D eigenvalue weighted by Gasteiger charge is -2.40. The lowest BCUT2D eigenvalue weighted by atomic mass is 9.84. The van der Waals surface area contributed by atoms with Crippen LogP contribution in [-0.4, -0.2) is 42.6 Å². The van der Waals surface area contributed by atoms with Gasteiger partial charge in [0.05, 0.1) is 6.10 Å². The van der Waals surface area contributed by atoms with E-state index in [-0.39, 0.29) is 0 Å². The van der Waals surface area contributed by atoms with Crippen molar-refractivity contribution >= 4 is 15.9 Å². The molecule has 2 nitrogen and oxygen atoms in total. The Morgan fingerprint density at radius 2 is 2.00 bits per heavy atom. The molecule has 2 aliphatic carbocycles. The SMILES string of the molecule is COC1CCCC(N(C)CC2CC(Br)C2)C1. The molecule has 2 rings (SSSR count). The Kier molecular flexibility index (Phi) is 4.68. The second-order valence-electron chi connectivity index (χ2n) is 5.55. The van der Waals surface area contributed by atoms with Crippen molar-refractivity contribution in [2.75, 3.05) is 20.7 Å². The molecule has 0 amide bonds. The minimum atomic E-state index is 0.506. The first kappa shape index (κ1) is 12.8. The second kappa shape index (κ2) is 5.83. The molecule has 0 radical (unpaired) electrons. The number of ether oxygens (including phenoxy) is 1. The van der Waals surface area contributed by atoms with E-state index in [9.17, 15) is 0 Å². The molecule has 0 aliphatic heterocycles. The molecule has 94 valence electrons. The third kappa shape index (κ3) is 3.21. The van der Waals surface area contributed by atoms with E-state index in [0.717, 1.165) is 16.8 Å². The Bertz CT molecular complexity index is 218. The van der Waals surface area contributed by atoms with Crippen LogP contribution in [0.2, 0.25) is 0 Å². The first-order valence-electron chi connectivity index (χ1n) is 6.56. The monoisotopic (exact) mass is 289 g/mol. The van der Waals surface area contributed by atoms with Gasteiger partial charge in [0.2, 0.25) is 0 Å². The zero-order chi connectivity index (χ0) is 11.5. The Morgan fingerprint density at radius 1 is 1.25 bits per heavy atom. The Morgan fingerprint density at radius 3 is 2.62 bits per heavy atom. The molecular formula is C13H24BrNO. The minimum Gasteiger partial charge on any atom is -0.381 e. The van der Waals surface area contributed by atoms with Crippen LogP contribution in [0.5, 0.6) is 0 Å². The number of halogens is 1. The molecule has 3 heteroatoms. The maximum Gasteiger partial charge on any atom is 0.0586 e. The summed E-state index contributed by atoms with van der Waals surface area (Å²) in [5.41, 5.74) is 0. The number of hydrogen-bond acceptors (Lipinski definition) is 2. The van der Waals surface area contributed by atoms with Gasteiger partial charge in [0.25, 0.3) is 0 Å². The lowest BCUT2D eigenvalue weighted by Crippen LogP contribution is -2.43. The van der Waals surface area contributed by atoms with Crippen LogP contribution in [0.3, 0.4) is 0 Å². The Labute approximate surface area is 108 Å². The first-order valence-corrected chi connectivity index (χ1v) is 7.47. The number of nitrogens with zero attached hydrogens (tertiary/aromatic N) is 1. The zero-order valence-corrected chi connectivity index (χ0v) is 12.1. The average molecular weight is 290 g/mol.